The highest BCUT2D eigenvalue weighted by molar-refractivity contribution is 7.88. The fourth-order valence-electron chi connectivity index (χ4n) is 5.14. The largest absolute Gasteiger partial charge is 0.534 e. The van der Waals surface area contributed by atoms with Crippen LogP contribution >= 0.6 is 11.6 Å². The molecule has 0 aliphatic carbocycles. The van der Waals surface area contributed by atoms with Gasteiger partial charge in [-0.1, -0.05) is 48.0 Å². The third-order valence-electron chi connectivity index (χ3n) is 7.48. The molecule has 0 saturated carbocycles. The van der Waals surface area contributed by atoms with Crippen molar-refractivity contribution in [3.63, 3.8) is 0 Å². The van der Waals surface area contributed by atoms with Crippen LogP contribution in [0.15, 0.2) is 75.9 Å². The molecule has 238 valence electrons. The van der Waals surface area contributed by atoms with E-state index in [0.29, 0.717) is 62.4 Å². The molecule has 0 atom stereocenters. The monoisotopic (exact) mass is 663 g/mol. The van der Waals surface area contributed by atoms with Crippen molar-refractivity contribution in [2.24, 2.45) is 0 Å². The van der Waals surface area contributed by atoms with E-state index in [9.17, 15) is 31.2 Å². The van der Waals surface area contributed by atoms with Crippen LogP contribution in [0.2, 0.25) is 5.02 Å². The Morgan fingerprint density at radius 2 is 1.73 bits per heavy atom. The molecular weight excluding hydrogens is 635 g/mol. The SMILES string of the molecule is Cc1c(-c2ccccc2)oc2c(C(=O)NCCCN3CCN(c4cc(Cl)ccc4OS(=O)(=O)C(F)(F)F)CC3)cccc2c1=O. The minimum atomic E-state index is -5.85. The van der Waals surface area contributed by atoms with Gasteiger partial charge in [-0.05, 0) is 50.2 Å². The highest BCUT2D eigenvalue weighted by Gasteiger charge is 2.49. The second kappa shape index (κ2) is 13.1. The number of nitrogens with zero attached hydrogens (tertiary/aromatic N) is 2. The third-order valence-corrected chi connectivity index (χ3v) is 8.68. The van der Waals surface area contributed by atoms with E-state index in [0.717, 1.165) is 11.6 Å². The van der Waals surface area contributed by atoms with Crippen molar-refractivity contribution in [3.05, 3.63) is 93.1 Å². The Labute approximate surface area is 262 Å². The molecule has 1 aromatic heterocycles. The molecule has 2 heterocycles. The van der Waals surface area contributed by atoms with E-state index in [1.54, 1.807) is 30.0 Å². The topological polar surface area (TPSA) is 109 Å². The maximum Gasteiger partial charge on any atom is 0.534 e. The summed E-state index contributed by atoms with van der Waals surface area (Å²) in [5.41, 5.74) is -3.97. The zero-order valence-corrected chi connectivity index (χ0v) is 25.6. The summed E-state index contributed by atoms with van der Waals surface area (Å²) in [6.45, 7) is 4.49. The Hall–Kier alpha value is -4.07. The molecule has 3 aromatic carbocycles. The summed E-state index contributed by atoms with van der Waals surface area (Å²) in [7, 11) is -5.85. The van der Waals surface area contributed by atoms with Gasteiger partial charge in [-0.3, -0.25) is 14.5 Å². The molecule has 45 heavy (non-hydrogen) atoms. The van der Waals surface area contributed by atoms with Gasteiger partial charge in [0.2, 0.25) is 0 Å². The zero-order valence-electron chi connectivity index (χ0n) is 24.1. The number of hydrogen-bond acceptors (Lipinski definition) is 8. The minimum absolute atomic E-state index is 0.148. The number of nitrogens with one attached hydrogen (secondary N) is 1. The number of benzene rings is 3. The number of carbonyl (C=O) groups excluding carboxylic acids is 1. The van der Waals surface area contributed by atoms with E-state index >= 15 is 0 Å². The van der Waals surface area contributed by atoms with Crippen LogP contribution in [-0.2, 0) is 10.1 Å². The number of amides is 1. The number of piperazine rings is 1. The van der Waals surface area contributed by atoms with Crippen LogP contribution in [0.1, 0.15) is 22.3 Å². The molecule has 1 N–H and O–H groups in total. The first-order chi connectivity index (χ1) is 21.4. The molecule has 1 saturated heterocycles. The highest BCUT2D eigenvalue weighted by atomic mass is 35.5. The quantitative estimate of drug-likeness (QED) is 0.140. The van der Waals surface area contributed by atoms with Gasteiger partial charge in [0.05, 0.1) is 16.6 Å². The van der Waals surface area contributed by atoms with Crippen LogP contribution in [0.25, 0.3) is 22.3 Å². The van der Waals surface area contributed by atoms with Crippen molar-refractivity contribution in [2.75, 3.05) is 44.2 Å². The van der Waals surface area contributed by atoms with Gasteiger partial charge in [-0.2, -0.15) is 21.6 Å². The van der Waals surface area contributed by atoms with Crippen molar-refractivity contribution >= 4 is 44.3 Å². The zero-order chi connectivity index (χ0) is 32.4. The molecule has 9 nitrogen and oxygen atoms in total. The number of fused-ring (bicyclic) bond motifs is 1. The molecule has 1 aliphatic heterocycles. The van der Waals surface area contributed by atoms with E-state index in [4.69, 9.17) is 16.0 Å². The molecule has 1 amide bonds. The number of carbonyl (C=O) groups is 1. The number of alkyl halides is 3. The van der Waals surface area contributed by atoms with Crippen molar-refractivity contribution in [1.82, 2.24) is 10.2 Å². The van der Waals surface area contributed by atoms with E-state index in [-0.39, 0.29) is 33.2 Å². The van der Waals surface area contributed by atoms with E-state index < -0.39 is 21.4 Å². The molecule has 0 radical (unpaired) electrons. The number of rotatable bonds is 9. The maximum absolute atomic E-state index is 13.1. The summed E-state index contributed by atoms with van der Waals surface area (Å²) in [5.74, 6) is -0.423. The maximum atomic E-state index is 13.1. The van der Waals surface area contributed by atoms with Gasteiger partial charge in [0, 0.05) is 48.9 Å². The highest BCUT2D eigenvalue weighted by Crippen LogP contribution is 2.36. The Morgan fingerprint density at radius 1 is 1.02 bits per heavy atom. The molecule has 5 rings (SSSR count). The first kappa shape index (κ1) is 32.3. The fourth-order valence-corrected chi connectivity index (χ4v) is 5.78. The Bertz CT molecular complexity index is 1880. The first-order valence-corrected chi connectivity index (χ1v) is 15.8. The number of anilines is 1. The average Bonchev–Trinajstić information content (AvgIpc) is 3.01. The van der Waals surface area contributed by atoms with Gasteiger partial charge in [-0.15, -0.1) is 0 Å². The van der Waals surface area contributed by atoms with Crippen LogP contribution in [0.5, 0.6) is 5.75 Å². The van der Waals surface area contributed by atoms with Crippen LogP contribution in [-0.4, -0.2) is 64.0 Å². The molecule has 0 bridgehead atoms. The molecule has 14 heteroatoms. The molecule has 0 spiro atoms. The van der Waals surface area contributed by atoms with Gasteiger partial charge < -0.3 is 18.8 Å². The van der Waals surface area contributed by atoms with E-state index in [2.05, 4.69) is 14.4 Å². The van der Waals surface area contributed by atoms with Crippen LogP contribution in [0.4, 0.5) is 18.9 Å². The van der Waals surface area contributed by atoms with Crippen LogP contribution < -0.4 is 19.8 Å². The molecule has 0 unspecified atom stereocenters. The smallest absolute Gasteiger partial charge is 0.455 e. The fraction of sp³-hybridized carbons (Fsp3) is 0.290. The van der Waals surface area contributed by atoms with Crippen LogP contribution in [0.3, 0.4) is 0 Å². The first-order valence-electron chi connectivity index (χ1n) is 14.0. The Balaban J connectivity index is 1.18. The number of hydrogen-bond donors (Lipinski definition) is 1. The van der Waals surface area contributed by atoms with Crippen LogP contribution in [0, 0.1) is 6.92 Å². The molecule has 1 aliphatic rings. The second-order valence-electron chi connectivity index (χ2n) is 10.5. The summed E-state index contributed by atoms with van der Waals surface area (Å²) in [6, 6.07) is 17.8. The molecule has 1 fully saturated rings. The van der Waals surface area contributed by atoms with Gasteiger partial charge in [0.25, 0.3) is 5.91 Å². The van der Waals surface area contributed by atoms with E-state index in [1.807, 2.05) is 30.3 Å². The Kier molecular flexibility index (Phi) is 9.42. The van der Waals surface area contributed by atoms with Gasteiger partial charge in [0.15, 0.2) is 16.8 Å². The summed E-state index contributed by atoms with van der Waals surface area (Å²) >= 11 is 6.04. The predicted molar refractivity (Wildman–Crippen MR) is 165 cm³/mol. The Morgan fingerprint density at radius 3 is 2.42 bits per heavy atom. The summed E-state index contributed by atoms with van der Waals surface area (Å²) in [5, 5.41) is 3.43. The number of halogens is 4. The number of para-hydroxylation sites is 1. The third kappa shape index (κ3) is 7.10. The lowest BCUT2D eigenvalue weighted by molar-refractivity contribution is -0.0499. The molecule has 4 aromatic rings. The summed E-state index contributed by atoms with van der Waals surface area (Å²) in [4.78, 5) is 30.1. The normalized spacial score (nSPS) is 14.5. The lowest BCUT2D eigenvalue weighted by Gasteiger charge is -2.36. The minimum Gasteiger partial charge on any atom is -0.455 e. The van der Waals surface area contributed by atoms with Crippen molar-refractivity contribution in [3.8, 4) is 17.1 Å². The van der Waals surface area contributed by atoms with Gasteiger partial charge in [0.1, 0.15) is 5.76 Å². The van der Waals surface area contributed by atoms with E-state index in [1.165, 1.54) is 12.1 Å². The predicted octanol–water partition coefficient (Wildman–Crippen LogP) is 5.59. The molecular formula is C31H29ClF3N3O6S. The van der Waals surface area contributed by atoms with Gasteiger partial charge >= 0.3 is 15.6 Å². The van der Waals surface area contributed by atoms with Crippen molar-refractivity contribution < 1.29 is 35.0 Å². The standard InChI is InChI=1S/C31H29ClF3N3O6S/c1-20-27(39)23-9-5-10-24(29(23)43-28(20)21-7-3-2-4-8-21)30(40)36-13-6-14-37-15-17-38(18-16-37)25-19-22(32)11-12-26(25)44-45(41,42)31(33,34)35/h2-5,7-12,19H,6,13-18H2,1H3,(H,36,40). The second-order valence-corrected chi connectivity index (χ2v) is 12.4. The van der Waals surface area contributed by atoms with Crippen molar-refractivity contribution in [1.29, 1.82) is 0 Å². The lowest BCUT2D eigenvalue weighted by atomic mass is 10.0. The average molecular weight is 664 g/mol. The van der Waals surface area contributed by atoms with Gasteiger partial charge in [-0.25, -0.2) is 0 Å². The summed E-state index contributed by atoms with van der Waals surface area (Å²) < 4.78 is 72.4. The lowest BCUT2D eigenvalue weighted by Crippen LogP contribution is -2.47. The van der Waals surface area contributed by atoms with Crippen molar-refractivity contribution in [2.45, 2.75) is 18.9 Å². The summed E-state index contributed by atoms with van der Waals surface area (Å²) in [6.07, 6.45) is 0.601.